The van der Waals surface area contributed by atoms with Gasteiger partial charge in [0.15, 0.2) is 11.5 Å². The Labute approximate surface area is 164 Å². The molecule has 0 aliphatic heterocycles. The number of aromatic nitrogens is 2. The van der Waals surface area contributed by atoms with Crippen LogP contribution in [0.25, 0.3) is 11.6 Å². The molecule has 0 saturated heterocycles. The maximum absolute atomic E-state index is 9.74. The second-order valence-corrected chi connectivity index (χ2v) is 6.37. The first kappa shape index (κ1) is 19.5. The van der Waals surface area contributed by atoms with E-state index in [4.69, 9.17) is 18.9 Å². The molecule has 0 spiro atoms. The van der Waals surface area contributed by atoms with Crippen LogP contribution < -0.4 is 18.9 Å². The van der Waals surface area contributed by atoms with Gasteiger partial charge in [0.25, 0.3) is 0 Å². The first-order valence-electron chi connectivity index (χ1n) is 9.09. The number of hydrogen-bond acceptors (Lipinski definition) is 7. The lowest BCUT2D eigenvalue weighted by atomic mass is 10.1. The predicted octanol–water partition coefficient (Wildman–Crippen LogP) is 3.89. The maximum Gasteiger partial charge on any atom is 0.179 e. The highest BCUT2D eigenvalue weighted by atomic mass is 16.5. The number of ether oxygens (including phenoxy) is 4. The summed E-state index contributed by atoms with van der Waals surface area (Å²) >= 11 is 0. The smallest absolute Gasteiger partial charge is 0.179 e. The van der Waals surface area contributed by atoms with E-state index in [1.165, 1.54) is 0 Å². The van der Waals surface area contributed by atoms with Gasteiger partial charge in [-0.3, -0.25) is 9.97 Å². The second-order valence-electron chi connectivity index (χ2n) is 6.37. The molecule has 0 N–H and O–H groups in total. The summed E-state index contributed by atoms with van der Waals surface area (Å²) in [5.41, 5.74) is 1.45. The number of pyridine rings is 2. The number of methoxy groups -OCH3 is 3. The van der Waals surface area contributed by atoms with Crippen LogP contribution in [-0.4, -0.2) is 37.4 Å². The molecule has 146 valence electrons. The number of allylic oxidation sites excluding steroid dienone is 1. The van der Waals surface area contributed by atoms with Crippen molar-refractivity contribution in [2.45, 2.75) is 31.8 Å². The average Bonchev–Trinajstić information content (AvgIpc) is 3.24. The molecule has 0 aromatic carbocycles. The number of nitrogens with zero attached hydrogens (tertiary/aromatic N) is 3. The quantitative estimate of drug-likeness (QED) is 0.673. The van der Waals surface area contributed by atoms with Gasteiger partial charge in [0, 0.05) is 6.07 Å². The minimum atomic E-state index is 0.166. The molecule has 0 unspecified atom stereocenters. The third-order valence-corrected chi connectivity index (χ3v) is 4.69. The van der Waals surface area contributed by atoms with Crippen molar-refractivity contribution in [1.82, 2.24) is 9.97 Å². The molecule has 2 aromatic rings. The third-order valence-electron chi connectivity index (χ3n) is 4.69. The van der Waals surface area contributed by atoms with Crippen molar-refractivity contribution in [2.24, 2.45) is 0 Å². The highest BCUT2D eigenvalue weighted by Crippen LogP contribution is 2.35. The van der Waals surface area contributed by atoms with Crippen LogP contribution in [0.3, 0.4) is 0 Å². The molecule has 3 rings (SSSR count). The minimum absolute atomic E-state index is 0.166. The summed E-state index contributed by atoms with van der Waals surface area (Å²) in [4.78, 5) is 8.44. The van der Waals surface area contributed by atoms with Crippen molar-refractivity contribution in [3.05, 3.63) is 35.9 Å². The van der Waals surface area contributed by atoms with Gasteiger partial charge >= 0.3 is 0 Å². The molecule has 0 radical (unpaired) electrons. The lowest BCUT2D eigenvalue weighted by molar-refractivity contribution is 0.200. The van der Waals surface area contributed by atoms with Crippen molar-refractivity contribution >= 4 is 11.6 Å². The van der Waals surface area contributed by atoms with E-state index in [0.717, 1.165) is 25.7 Å². The second kappa shape index (κ2) is 9.09. The fourth-order valence-electron chi connectivity index (χ4n) is 3.21. The summed E-state index contributed by atoms with van der Waals surface area (Å²) in [5, 5.41) is 9.74. The molecule has 0 atom stereocenters. The van der Waals surface area contributed by atoms with E-state index >= 15 is 0 Å². The lowest BCUT2D eigenvalue weighted by Gasteiger charge is -2.16. The summed E-state index contributed by atoms with van der Waals surface area (Å²) in [7, 11) is 4.66. The normalized spacial score (nSPS) is 14.4. The summed E-state index contributed by atoms with van der Waals surface area (Å²) < 4.78 is 22.2. The topological polar surface area (TPSA) is 86.5 Å². The van der Waals surface area contributed by atoms with E-state index in [1.54, 1.807) is 52.1 Å². The molecular weight excluding hydrogens is 358 g/mol. The van der Waals surface area contributed by atoms with E-state index in [2.05, 4.69) is 16.0 Å². The van der Waals surface area contributed by atoms with Gasteiger partial charge in [0.05, 0.1) is 62.9 Å². The zero-order valence-corrected chi connectivity index (χ0v) is 16.3. The van der Waals surface area contributed by atoms with Gasteiger partial charge in [-0.15, -0.1) is 0 Å². The van der Waals surface area contributed by atoms with E-state index < -0.39 is 0 Å². The molecule has 0 bridgehead atoms. The SMILES string of the molecule is COc1cnc(/C(C#N)=C/c2c(OC)cncc2OC)cc1OC1CCCC1. The van der Waals surface area contributed by atoms with Crippen LogP contribution >= 0.6 is 0 Å². The monoisotopic (exact) mass is 381 g/mol. The van der Waals surface area contributed by atoms with E-state index in [9.17, 15) is 5.26 Å². The molecule has 1 aliphatic carbocycles. The molecule has 0 amide bonds. The van der Waals surface area contributed by atoms with Crippen molar-refractivity contribution in [3.63, 3.8) is 0 Å². The largest absolute Gasteiger partial charge is 0.494 e. The number of nitriles is 1. The summed E-state index contributed by atoms with van der Waals surface area (Å²) in [6.07, 6.45) is 10.9. The van der Waals surface area contributed by atoms with Crippen LogP contribution in [0.15, 0.2) is 24.7 Å². The Bertz CT molecular complexity index is 877. The van der Waals surface area contributed by atoms with Crippen LogP contribution in [0.1, 0.15) is 36.9 Å². The molecule has 28 heavy (non-hydrogen) atoms. The standard InChI is InChI=1S/C21H23N3O4/c1-25-19-11-23-12-20(26-2)16(19)8-14(10-22)17-9-18(21(27-3)13-24-17)28-15-6-4-5-7-15/h8-9,11-13,15H,4-7H2,1-3H3/b14-8+. The lowest BCUT2D eigenvalue weighted by Crippen LogP contribution is -2.12. The van der Waals surface area contributed by atoms with Crippen molar-refractivity contribution in [2.75, 3.05) is 21.3 Å². The summed E-state index contributed by atoms with van der Waals surface area (Å²) in [5.74, 6) is 2.15. The van der Waals surface area contributed by atoms with Gasteiger partial charge < -0.3 is 18.9 Å². The highest BCUT2D eigenvalue weighted by Gasteiger charge is 2.20. The van der Waals surface area contributed by atoms with Crippen LogP contribution in [0.5, 0.6) is 23.0 Å². The molecule has 1 fully saturated rings. The first-order chi connectivity index (χ1) is 13.7. The predicted molar refractivity (Wildman–Crippen MR) is 104 cm³/mol. The Morgan fingerprint density at radius 1 is 1.00 bits per heavy atom. The highest BCUT2D eigenvalue weighted by molar-refractivity contribution is 5.91. The maximum atomic E-state index is 9.74. The molecule has 1 aliphatic rings. The van der Waals surface area contributed by atoms with Crippen molar-refractivity contribution in [3.8, 4) is 29.1 Å². The fraction of sp³-hybridized carbons (Fsp3) is 0.381. The minimum Gasteiger partial charge on any atom is -0.494 e. The van der Waals surface area contributed by atoms with E-state index in [-0.39, 0.29) is 6.10 Å². The van der Waals surface area contributed by atoms with Gasteiger partial charge in [-0.2, -0.15) is 5.26 Å². The molecule has 7 heteroatoms. The Morgan fingerprint density at radius 3 is 2.21 bits per heavy atom. The molecule has 2 aromatic heterocycles. The zero-order valence-electron chi connectivity index (χ0n) is 16.3. The summed E-state index contributed by atoms with van der Waals surface area (Å²) in [6.45, 7) is 0. The van der Waals surface area contributed by atoms with Crippen molar-refractivity contribution in [1.29, 1.82) is 5.26 Å². The molecule has 7 nitrogen and oxygen atoms in total. The van der Waals surface area contributed by atoms with Gasteiger partial charge in [-0.05, 0) is 31.8 Å². The summed E-state index contributed by atoms with van der Waals surface area (Å²) in [6, 6.07) is 3.94. The van der Waals surface area contributed by atoms with Gasteiger partial charge in [0.1, 0.15) is 17.6 Å². The number of hydrogen-bond donors (Lipinski definition) is 0. The third kappa shape index (κ3) is 4.17. The number of rotatable bonds is 7. The Hall–Kier alpha value is -3.27. The Kier molecular flexibility index (Phi) is 6.33. The molecule has 2 heterocycles. The molecule has 1 saturated carbocycles. The first-order valence-corrected chi connectivity index (χ1v) is 9.09. The Morgan fingerprint density at radius 2 is 1.64 bits per heavy atom. The van der Waals surface area contributed by atoms with Crippen molar-refractivity contribution < 1.29 is 18.9 Å². The van der Waals surface area contributed by atoms with Crippen LogP contribution in [0, 0.1) is 11.3 Å². The van der Waals surface area contributed by atoms with E-state index in [1.807, 2.05) is 0 Å². The Balaban J connectivity index is 2.01. The van der Waals surface area contributed by atoms with Gasteiger partial charge in [0.2, 0.25) is 0 Å². The molecular formula is C21H23N3O4. The van der Waals surface area contributed by atoms with Crippen LogP contribution in [0.4, 0.5) is 0 Å². The van der Waals surface area contributed by atoms with Gasteiger partial charge in [-0.1, -0.05) is 0 Å². The van der Waals surface area contributed by atoms with Gasteiger partial charge in [-0.25, -0.2) is 0 Å². The zero-order chi connectivity index (χ0) is 19.9. The van der Waals surface area contributed by atoms with E-state index in [0.29, 0.717) is 39.8 Å². The fourth-order valence-corrected chi connectivity index (χ4v) is 3.21. The van der Waals surface area contributed by atoms with Crippen LogP contribution in [-0.2, 0) is 0 Å². The van der Waals surface area contributed by atoms with Crippen LogP contribution in [0.2, 0.25) is 0 Å². The average molecular weight is 381 g/mol.